The molecule has 31 heavy (non-hydrogen) atoms. The van der Waals surface area contributed by atoms with E-state index in [2.05, 4.69) is 11.7 Å². The fraction of sp³-hybridized carbons (Fsp3) is 0.833. The largest absolute Gasteiger partial charge is 0.505 e. The van der Waals surface area contributed by atoms with Crippen LogP contribution in [-0.4, -0.2) is 46.1 Å². The van der Waals surface area contributed by atoms with Crippen molar-refractivity contribution in [1.29, 1.82) is 0 Å². The Bertz CT molecular complexity index is 544. The molecule has 0 aromatic rings. The topological polar surface area (TPSA) is 113 Å². The zero-order valence-corrected chi connectivity index (χ0v) is 19.2. The molecule has 7 nitrogen and oxygen atoms in total. The highest BCUT2D eigenvalue weighted by atomic mass is 16.6. The Balaban J connectivity index is 1.88. The van der Waals surface area contributed by atoms with Gasteiger partial charge in [0.2, 0.25) is 5.76 Å². The highest BCUT2D eigenvalue weighted by Gasteiger charge is 2.39. The van der Waals surface area contributed by atoms with Gasteiger partial charge in [-0.3, -0.25) is 4.79 Å². The van der Waals surface area contributed by atoms with E-state index in [1.807, 2.05) is 0 Å². The first-order valence-electron chi connectivity index (χ1n) is 12.1. The first kappa shape index (κ1) is 27.3. The van der Waals surface area contributed by atoms with E-state index in [4.69, 9.17) is 4.74 Å². The minimum absolute atomic E-state index is 0.266. The van der Waals surface area contributed by atoms with Crippen LogP contribution in [0.2, 0.25) is 0 Å². The normalized spacial score (nSPS) is 17.1. The van der Waals surface area contributed by atoms with Crippen molar-refractivity contribution < 1.29 is 34.4 Å². The summed E-state index contributed by atoms with van der Waals surface area (Å²) in [5.41, 5.74) is 0. The average molecular weight is 443 g/mol. The second-order valence-corrected chi connectivity index (χ2v) is 8.51. The van der Waals surface area contributed by atoms with E-state index >= 15 is 0 Å². The summed E-state index contributed by atoms with van der Waals surface area (Å²) in [6.07, 6.45) is 16.2. The van der Waals surface area contributed by atoms with Crippen molar-refractivity contribution in [1.82, 2.24) is 0 Å². The molecule has 2 atom stereocenters. The maximum Gasteiger partial charge on any atom is 0.377 e. The number of hydrogen-bond donors (Lipinski definition) is 3. The summed E-state index contributed by atoms with van der Waals surface area (Å²) < 4.78 is 9.57. The summed E-state index contributed by atoms with van der Waals surface area (Å²) in [5, 5.41) is 28.5. The number of carbonyl (C=O) groups is 2. The first-order valence-corrected chi connectivity index (χ1v) is 12.1. The molecule has 0 spiro atoms. The van der Waals surface area contributed by atoms with Crippen molar-refractivity contribution in [3.8, 4) is 0 Å². The monoisotopic (exact) mass is 442 g/mol. The van der Waals surface area contributed by atoms with Crippen LogP contribution in [-0.2, 0) is 19.1 Å². The molecule has 1 rings (SSSR count). The molecule has 0 aromatic carbocycles. The molecule has 0 radical (unpaired) electrons. The lowest BCUT2D eigenvalue weighted by molar-refractivity contribution is -0.154. The van der Waals surface area contributed by atoms with E-state index in [-0.39, 0.29) is 6.42 Å². The number of hydrogen-bond acceptors (Lipinski definition) is 7. The molecule has 0 fully saturated rings. The molecule has 1 aliphatic heterocycles. The summed E-state index contributed by atoms with van der Waals surface area (Å²) in [5.74, 6) is -3.21. The molecule has 180 valence electrons. The van der Waals surface area contributed by atoms with Gasteiger partial charge in [0.25, 0.3) is 0 Å². The molecule has 0 aliphatic carbocycles. The maximum atomic E-state index is 11.7. The van der Waals surface area contributed by atoms with Crippen molar-refractivity contribution in [2.24, 2.45) is 0 Å². The van der Waals surface area contributed by atoms with Crippen molar-refractivity contribution in [2.45, 2.75) is 122 Å². The summed E-state index contributed by atoms with van der Waals surface area (Å²) in [6, 6.07) is 0. The van der Waals surface area contributed by atoms with Gasteiger partial charge in [-0.15, -0.1) is 0 Å². The van der Waals surface area contributed by atoms with Gasteiger partial charge in [0.05, 0.1) is 0 Å². The van der Waals surface area contributed by atoms with Gasteiger partial charge in [-0.25, -0.2) is 4.79 Å². The molecule has 0 aromatic heterocycles. The van der Waals surface area contributed by atoms with Crippen molar-refractivity contribution >= 4 is 11.9 Å². The quantitative estimate of drug-likeness (QED) is 0.181. The number of carbonyl (C=O) groups excluding carboxylic acids is 2. The van der Waals surface area contributed by atoms with E-state index in [9.17, 15) is 24.9 Å². The van der Waals surface area contributed by atoms with Crippen LogP contribution < -0.4 is 0 Å². The smallest absolute Gasteiger partial charge is 0.377 e. The Kier molecular flexibility index (Phi) is 14.8. The van der Waals surface area contributed by atoms with Crippen LogP contribution in [0, 0.1) is 0 Å². The third kappa shape index (κ3) is 12.0. The predicted octanol–water partition coefficient (Wildman–Crippen LogP) is 5.41. The van der Waals surface area contributed by atoms with Crippen LogP contribution in [0.3, 0.4) is 0 Å². The van der Waals surface area contributed by atoms with Gasteiger partial charge in [0.1, 0.15) is 12.7 Å². The lowest BCUT2D eigenvalue weighted by atomic mass is 10.0. The molecular weight excluding hydrogens is 400 g/mol. The van der Waals surface area contributed by atoms with Crippen LogP contribution in [0.15, 0.2) is 11.5 Å². The van der Waals surface area contributed by atoms with Crippen LogP contribution in [0.25, 0.3) is 0 Å². The van der Waals surface area contributed by atoms with Crippen LogP contribution in [0.4, 0.5) is 0 Å². The lowest BCUT2D eigenvalue weighted by Gasteiger charge is -2.17. The van der Waals surface area contributed by atoms with Crippen molar-refractivity contribution in [3.63, 3.8) is 0 Å². The van der Waals surface area contributed by atoms with Gasteiger partial charge in [-0.1, -0.05) is 96.8 Å². The van der Waals surface area contributed by atoms with Crippen molar-refractivity contribution in [2.75, 3.05) is 6.61 Å². The lowest BCUT2D eigenvalue weighted by Crippen LogP contribution is -2.33. The zero-order chi connectivity index (χ0) is 22.9. The van der Waals surface area contributed by atoms with E-state index in [0.717, 1.165) is 19.3 Å². The number of aliphatic hydroxyl groups excluding tert-OH is 3. The summed E-state index contributed by atoms with van der Waals surface area (Å²) in [7, 11) is 0. The third-order valence-electron chi connectivity index (χ3n) is 5.69. The molecular formula is C24H42O7. The summed E-state index contributed by atoms with van der Waals surface area (Å²) in [4.78, 5) is 22.8. The van der Waals surface area contributed by atoms with E-state index < -0.39 is 42.3 Å². The molecule has 3 N–H and O–H groups in total. The third-order valence-corrected chi connectivity index (χ3v) is 5.69. The predicted molar refractivity (Wildman–Crippen MR) is 119 cm³/mol. The second kappa shape index (κ2) is 16.9. The highest BCUT2D eigenvalue weighted by molar-refractivity contribution is 5.89. The average Bonchev–Trinajstić information content (AvgIpc) is 3.02. The number of aliphatic hydroxyl groups is 3. The fourth-order valence-corrected chi connectivity index (χ4v) is 3.71. The molecule has 7 heteroatoms. The van der Waals surface area contributed by atoms with Gasteiger partial charge in [-0.05, 0) is 6.42 Å². The zero-order valence-electron chi connectivity index (χ0n) is 19.2. The number of esters is 2. The van der Waals surface area contributed by atoms with Gasteiger partial charge in [0, 0.05) is 6.42 Å². The van der Waals surface area contributed by atoms with Crippen LogP contribution in [0.5, 0.6) is 0 Å². The maximum absolute atomic E-state index is 11.7. The molecule has 0 amide bonds. The van der Waals surface area contributed by atoms with Crippen LogP contribution in [0.1, 0.15) is 110 Å². The van der Waals surface area contributed by atoms with Gasteiger partial charge >= 0.3 is 11.9 Å². The van der Waals surface area contributed by atoms with Gasteiger partial charge in [0.15, 0.2) is 11.9 Å². The van der Waals surface area contributed by atoms with Crippen LogP contribution >= 0.6 is 0 Å². The Morgan fingerprint density at radius 1 is 0.871 bits per heavy atom. The molecule has 0 saturated heterocycles. The summed E-state index contributed by atoms with van der Waals surface area (Å²) >= 11 is 0. The SMILES string of the molecule is CCCCCCCCCCCCCCCCCC(=O)OC[C@@H](O)[C@@H]1OC(=O)C(O)=C1O. The minimum Gasteiger partial charge on any atom is -0.505 e. The second-order valence-electron chi connectivity index (χ2n) is 8.51. The first-order chi connectivity index (χ1) is 15.0. The van der Waals surface area contributed by atoms with Gasteiger partial charge in [-0.2, -0.15) is 0 Å². The van der Waals surface area contributed by atoms with Gasteiger partial charge < -0.3 is 24.8 Å². The Morgan fingerprint density at radius 2 is 1.32 bits per heavy atom. The van der Waals surface area contributed by atoms with Crippen molar-refractivity contribution in [3.05, 3.63) is 11.5 Å². The Labute approximate surface area is 186 Å². The Hall–Kier alpha value is -1.76. The number of cyclic esters (lactones) is 1. The summed E-state index contributed by atoms with van der Waals surface area (Å²) in [6.45, 7) is 1.84. The molecule has 0 unspecified atom stereocenters. The van der Waals surface area contributed by atoms with E-state index in [1.165, 1.54) is 77.0 Å². The fourth-order valence-electron chi connectivity index (χ4n) is 3.71. The minimum atomic E-state index is -1.42. The van der Waals surface area contributed by atoms with E-state index in [1.54, 1.807) is 0 Å². The molecule has 0 saturated carbocycles. The molecule has 1 heterocycles. The van der Waals surface area contributed by atoms with E-state index in [0.29, 0.717) is 0 Å². The molecule has 0 bridgehead atoms. The standard InChI is InChI=1S/C24H42O7/c1-2-3-4-5-6-7-8-9-10-11-12-13-14-15-16-17-20(26)30-18-19(25)23-21(27)22(28)24(29)31-23/h19,23,25,27-28H,2-18H2,1H3/t19-,23+/m1/s1. The number of rotatable bonds is 19. The number of ether oxygens (including phenoxy) is 2. The highest BCUT2D eigenvalue weighted by Crippen LogP contribution is 2.21. The Morgan fingerprint density at radius 3 is 1.74 bits per heavy atom. The molecule has 1 aliphatic rings. The number of unbranched alkanes of at least 4 members (excludes halogenated alkanes) is 14.